The van der Waals surface area contributed by atoms with E-state index in [4.69, 9.17) is 10.5 Å². The van der Waals surface area contributed by atoms with Crippen LogP contribution in [0.5, 0.6) is 0 Å². The lowest BCUT2D eigenvalue weighted by Crippen LogP contribution is -2.53. The maximum atomic E-state index is 12.0. The lowest BCUT2D eigenvalue weighted by Gasteiger charge is -2.36. The molecular weight excluding hydrogens is 459 g/mol. The van der Waals surface area contributed by atoms with Crippen molar-refractivity contribution in [2.24, 2.45) is 10.7 Å². The number of amides is 1. The van der Waals surface area contributed by atoms with Gasteiger partial charge in [-0.2, -0.15) is 0 Å². The first-order valence-corrected chi connectivity index (χ1v) is 9.84. The van der Waals surface area contributed by atoms with Crippen molar-refractivity contribution >= 4 is 45.9 Å². The van der Waals surface area contributed by atoms with Gasteiger partial charge in [0.2, 0.25) is 0 Å². The van der Waals surface area contributed by atoms with E-state index in [9.17, 15) is 13.2 Å². The van der Waals surface area contributed by atoms with Crippen molar-refractivity contribution in [1.29, 1.82) is 0 Å². The monoisotopic (exact) mass is 490 g/mol. The third-order valence-corrected chi connectivity index (χ3v) is 6.02. The Morgan fingerprint density at radius 2 is 1.52 bits per heavy atom. The number of sulfone groups is 1. The molecule has 0 aromatic heterocycles. The van der Waals surface area contributed by atoms with Crippen molar-refractivity contribution in [2.45, 2.75) is 45.0 Å². The largest absolute Gasteiger partial charge is 0.444 e. The van der Waals surface area contributed by atoms with Crippen LogP contribution in [-0.4, -0.2) is 79.6 Å². The molecule has 1 aliphatic heterocycles. The summed E-state index contributed by atoms with van der Waals surface area (Å²) in [6, 6.07) is 0. The fraction of sp³-hybridized carbons (Fsp3) is 0.867. The molecule has 0 aromatic carbocycles. The highest BCUT2D eigenvalue weighted by Crippen LogP contribution is 2.16. The molecule has 0 spiro atoms. The van der Waals surface area contributed by atoms with E-state index in [1.165, 1.54) is 6.26 Å². The standard InChI is InChI=1S/C15H30N4O4S.HI/c1-14(2,3)23-13(20)19-9-7-18(8-10-19)12(16)17-11-15(4,5)24(6,21)22;/h7-11H2,1-6H3,(H2,16,17);1H. The van der Waals surface area contributed by atoms with Gasteiger partial charge in [0.05, 0.1) is 11.3 Å². The lowest BCUT2D eigenvalue weighted by atomic mass is 10.2. The van der Waals surface area contributed by atoms with Gasteiger partial charge in [0, 0.05) is 32.4 Å². The molecule has 1 heterocycles. The minimum absolute atomic E-state index is 0. The number of hydrogen-bond acceptors (Lipinski definition) is 5. The van der Waals surface area contributed by atoms with Crippen LogP contribution in [0.2, 0.25) is 0 Å². The first kappa shape index (κ1) is 24.2. The summed E-state index contributed by atoms with van der Waals surface area (Å²) in [6.45, 7) is 10.9. The van der Waals surface area contributed by atoms with Crippen molar-refractivity contribution in [3.05, 3.63) is 0 Å². The molecule has 1 aliphatic rings. The second-order valence-corrected chi connectivity index (χ2v) is 10.3. The van der Waals surface area contributed by atoms with E-state index in [0.29, 0.717) is 32.1 Å². The highest BCUT2D eigenvalue weighted by molar-refractivity contribution is 14.0. The van der Waals surface area contributed by atoms with Crippen molar-refractivity contribution in [3.63, 3.8) is 0 Å². The summed E-state index contributed by atoms with van der Waals surface area (Å²) in [5.41, 5.74) is 5.45. The van der Waals surface area contributed by atoms with Crippen LogP contribution < -0.4 is 5.73 Å². The van der Waals surface area contributed by atoms with Crippen molar-refractivity contribution in [3.8, 4) is 0 Å². The average Bonchev–Trinajstić information content (AvgIpc) is 2.42. The Morgan fingerprint density at radius 1 is 1.08 bits per heavy atom. The minimum Gasteiger partial charge on any atom is -0.444 e. The van der Waals surface area contributed by atoms with Crippen molar-refractivity contribution < 1.29 is 17.9 Å². The number of carbonyl (C=O) groups is 1. The van der Waals surface area contributed by atoms with Gasteiger partial charge in [-0.05, 0) is 34.6 Å². The number of hydrogen-bond donors (Lipinski definition) is 1. The molecule has 0 aromatic rings. The van der Waals surface area contributed by atoms with E-state index in [2.05, 4.69) is 4.99 Å². The fourth-order valence-electron chi connectivity index (χ4n) is 1.93. The summed E-state index contributed by atoms with van der Waals surface area (Å²) >= 11 is 0. The number of ether oxygens (including phenoxy) is 1. The molecule has 0 aliphatic carbocycles. The molecule has 0 atom stereocenters. The molecule has 0 radical (unpaired) electrons. The van der Waals surface area contributed by atoms with Crippen LogP contribution in [0, 0.1) is 0 Å². The Morgan fingerprint density at radius 3 is 1.92 bits per heavy atom. The predicted octanol–water partition coefficient (Wildman–Crippen LogP) is 1.30. The molecule has 2 N–H and O–H groups in total. The molecule has 1 rings (SSSR count). The molecule has 1 amide bonds. The molecule has 1 fully saturated rings. The van der Waals surface area contributed by atoms with Gasteiger partial charge in [-0.15, -0.1) is 24.0 Å². The highest BCUT2D eigenvalue weighted by Gasteiger charge is 2.31. The van der Waals surface area contributed by atoms with Crippen LogP contribution in [-0.2, 0) is 14.6 Å². The first-order chi connectivity index (χ1) is 10.7. The van der Waals surface area contributed by atoms with Gasteiger partial charge in [0.15, 0.2) is 15.8 Å². The summed E-state index contributed by atoms with van der Waals surface area (Å²) in [7, 11) is -3.22. The van der Waals surface area contributed by atoms with Crippen LogP contribution >= 0.6 is 24.0 Å². The second kappa shape index (κ2) is 8.74. The van der Waals surface area contributed by atoms with Crippen molar-refractivity contribution in [1.82, 2.24) is 9.80 Å². The van der Waals surface area contributed by atoms with Gasteiger partial charge in [0.1, 0.15) is 5.60 Å². The Bertz CT molecular complexity index is 591. The number of rotatable bonds is 3. The van der Waals surface area contributed by atoms with Crippen LogP contribution in [0.4, 0.5) is 4.79 Å². The minimum atomic E-state index is -3.22. The maximum absolute atomic E-state index is 12.0. The number of piperazine rings is 1. The average molecular weight is 490 g/mol. The molecule has 25 heavy (non-hydrogen) atoms. The molecule has 10 heteroatoms. The van der Waals surface area contributed by atoms with E-state index in [1.807, 2.05) is 25.7 Å². The van der Waals surface area contributed by atoms with E-state index in [0.717, 1.165) is 0 Å². The highest BCUT2D eigenvalue weighted by atomic mass is 127. The third-order valence-electron chi connectivity index (χ3n) is 3.88. The Kier molecular flexibility index (Phi) is 8.47. The molecule has 148 valence electrons. The lowest BCUT2D eigenvalue weighted by molar-refractivity contribution is 0.0186. The van der Waals surface area contributed by atoms with E-state index < -0.39 is 20.2 Å². The van der Waals surface area contributed by atoms with Gasteiger partial charge in [-0.25, -0.2) is 13.2 Å². The fourth-order valence-corrected chi connectivity index (χ4v) is 2.23. The Hall–Kier alpha value is -0.780. The third kappa shape index (κ3) is 7.55. The molecule has 0 bridgehead atoms. The van der Waals surface area contributed by atoms with Crippen LogP contribution in [0.25, 0.3) is 0 Å². The van der Waals surface area contributed by atoms with Gasteiger partial charge in [0.25, 0.3) is 0 Å². The normalized spacial score (nSPS) is 17.1. The second-order valence-electron chi connectivity index (χ2n) is 7.66. The zero-order valence-corrected chi connectivity index (χ0v) is 19.1. The summed E-state index contributed by atoms with van der Waals surface area (Å²) < 4.78 is 27.8. The van der Waals surface area contributed by atoms with Crippen LogP contribution in [0.15, 0.2) is 4.99 Å². The van der Waals surface area contributed by atoms with Crippen LogP contribution in [0.1, 0.15) is 34.6 Å². The van der Waals surface area contributed by atoms with Crippen LogP contribution in [0.3, 0.4) is 0 Å². The number of guanidine groups is 1. The number of nitrogens with two attached hydrogens (primary N) is 1. The maximum Gasteiger partial charge on any atom is 0.410 e. The number of halogens is 1. The van der Waals surface area contributed by atoms with E-state index >= 15 is 0 Å². The SMILES string of the molecule is CC(C)(C)OC(=O)N1CCN(C(N)=NCC(C)(C)S(C)(=O)=O)CC1.I. The van der Waals surface area contributed by atoms with Gasteiger partial charge in [-0.1, -0.05) is 0 Å². The first-order valence-electron chi connectivity index (χ1n) is 7.95. The van der Waals surface area contributed by atoms with E-state index in [1.54, 1.807) is 18.7 Å². The summed E-state index contributed by atoms with van der Waals surface area (Å²) in [5, 5.41) is 0. The number of carbonyl (C=O) groups excluding carboxylic acids is 1. The van der Waals surface area contributed by atoms with Gasteiger partial charge >= 0.3 is 6.09 Å². The summed E-state index contributed by atoms with van der Waals surface area (Å²) in [4.78, 5) is 19.7. The zero-order valence-electron chi connectivity index (χ0n) is 15.9. The Labute approximate surface area is 168 Å². The summed E-state index contributed by atoms with van der Waals surface area (Å²) in [5.74, 6) is 0.301. The zero-order chi connectivity index (χ0) is 18.8. The van der Waals surface area contributed by atoms with Gasteiger partial charge in [-0.3, -0.25) is 4.99 Å². The molecule has 8 nitrogen and oxygen atoms in total. The van der Waals surface area contributed by atoms with Crippen molar-refractivity contribution in [2.75, 3.05) is 39.0 Å². The molecular formula is C15H31IN4O4S. The smallest absolute Gasteiger partial charge is 0.410 e. The topological polar surface area (TPSA) is 105 Å². The molecule has 0 saturated carbocycles. The number of nitrogens with zero attached hydrogens (tertiary/aromatic N) is 3. The van der Waals surface area contributed by atoms with Gasteiger partial charge < -0.3 is 20.3 Å². The number of aliphatic imine (C=N–C) groups is 1. The molecule has 1 saturated heterocycles. The van der Waals surface area contributed by atoms with E-state index in [-0.39, 0.29) is 36.6 Å². The molecule has 0 unspecified atom stereocenters. The Balaban J connectivity index is 0.00000576. The summed E-state index contributed by atoms with van der Waals surface area (Å²) in [6.07, 6.45) is 0.856. The predicted molar refractivity (Wildman–Crippen MR) is 110 cm³/mol. The quantitative estimate of drug-likeness (QED) is 0.363.